The van der Waals surface area contributed by atoms with Gasteiger partial charge in [0.15, 0.2) is 5.78 Å². The number of hydrazine groups is 1. The number of carbonyl (C=O) groups excluding carboxylic acids is 2. The third kappa shape index (κ3) is 3.68. The van der Waals surface area contributed by atoms with E-state index in [4.69, 9.17) is 5.73 Å². The van der Waals surface area contributed by atoms with E-state index in [1.807, 2.05) is 44.2 Å². The Labute approximate surface area is 180 Å². The molecule has 1 aromatic heterocycles. The van der Waals surface area contributed by atoms with Crippen LogP contribution in [0.4, 0.5) is 0 Å². The fourth-order valence-electron chi connectivity index (χ4n) is 4.28. The van der Waals surface area contributed by atoms with Gasteiger partial charge in [-0.25, -0.2) is 5.01 Å². The summed E-state index contributed by atoms with van der Waals surface area (Å²) in [6.07, 6.45) is 3.91. The molecule has 4 rings (SSSR count). The van der Waals surface area contributed by atoms with Crippen LogP contribution in [-0.4, -0.2) is 21.7 Å². The minimum Gasteiger partial charge on any atom is -0.383 e. The lowest BCUT2D eigenvalue weighted by Crippen LogP contribution is -2.49. The molecule has 0 saturated heterocycles. The quantitative estimate of drug-likeness (QED) is 0.799. The number of rotatable bonds is 3. The first-order valence-electron chi connectivity index (χ1n) is 10.0. The molecule has 31 heavy (non-hydrogen) atoms. The zero-order valence-electron chi connectivity index (χ0n) is 17.4. The highest BCUT2D eigenvalue weighted by atomic mass is 16.2. The van der Waals surface area contributed by atoms with E-state index < -0.39 is 11.8 Å². The zero-order chi connectivity index (χ0) is 22.2. The molecule has 1 aliphatic carbocycles. The molecule has 0 bridgehead atoms. The second-order valence-corrected chi connectivity index (χ2v) is 8.57. The number of aromatic nitrogens is 1. The fraction of sp³-hybridized carbons (Fsp3) is 0.250. The van der Waals surface area contributed by atoms with Crippen LogP contribution in [0.5, 0.6) is 0 Å². The minimum atomic E-state index is -0.559. The molecule has 2 heterocycles. The van der Waals surface area contributed by atoms with Crippen LogP contribution in [0.1, 0.15) is 48.5 Å². The van der Waals surface area contributed by atoms with Crippen LogP contribution in [0.2, 0.25) is 0 Å². The predicted octanol–water partition coefficient (Wildman–Crippen LogP) is 3.16. The van der Waals surface area contributed by atoms with Crippen LogP contribution in [0.15, 0.2) is 77.5 Å². The number of nitrogens with two attached hydrogens (primary N) is 1. The van der Waals surface area contributed by atoms with Gasteiger partial charge < -0.3 is 5.73 Å². The van der Waals surface area contributed by atoms with Crippen molar-refractivity contribution in [3.8, 4) is 6.07 Å². The summed E-state index contributed by atoms with van der Waals surface area (Å²) in [4.78, 5) is 30.2. The molecule has 0 radical (unpaired) electrons. The van der Waals surface area contributed by atoms with E-state index in [1.54, 1.807) is 18.3 Å². The van der Waals surface area contributed by atoms with Gasteiger partial charge in [-0.1, -0.05) is 44.2 Å². The number of carbonyl (C=O) groups is 2. The van der Waals surface area contributed by atoms with Gasteiger partial charge in [-0.3, -0.25) is 20.0 Å². The van der Waals surface area contributed by atoms with E-state index in [-0.39, 0.29) is 22.6 Å². The van der Waals surface area contributed by atoms with Crippen molar-refractivity contribution in [2.75, 3.05) is 0 Å². The third-order valence-corrected chi connectivity index (χ3v) is 5.65. The molecule has 1 aromatic carbocycles. The van der Waals surface area contributed by atoms with Crippen molar-refractivity contribution in [2.45, 2.75) is 32.6 Å². The first kappa shape index (κ1) is 20.4. The summed E-state index contributed by atoms with van der Waals surface area (Å²) in [5.74, 6) is -0.899. The van der Waals surface area contributed by atoms with Crippen LogP contribution >= 0.6 is 0 Å². The van der Waals surface area contributed by atoms with E-state index in [1.165, 1.54) is 11.2 Å². The van der Waals surface area contributed by atoms with E-state index in [0.29, 0.717) is 29.7 Å². The van der Waals surface area contributed by atoms with Crippen LogP contribution in [0.25, 0.3) is 0 Å². The highest BCUT2D eigenvalue weighted by Gasteiger charge is 2.44. The van der Waals surface area contributed by atoms with Crippen LogP contribution in [0, 0.1) is 16.7 Å². The Balaban J connectivity index is 1.86. The number of nitrogens with zero attached hydrogens (tertiary/aromatic N) is 3. The zero-order valence-corrected chi connectivity index (χ0v) is 17.4. The summed E-state index contributed by atoms with van der Waals surface area (Å²) in [7, 11) is 0. The van der Waals surface area contributed by atoms with Gasteiger partial charge in [0.2, 0.25) is 0 Å². The van der Waals surface area contributed by atoms with E-state index in [9.17, 15) is 14.9 Å². The molecule has 0 spiro atoms. The van der Waals surface area contributed by atoms with Crippen molar-refractivity contribution >= 4 is 11.7 Å². The average molecular weight is 413 g/mol. The Hall–Kier alpha value is -3.92. The number of nitriles is 1. The Morgan fingerprint density at radius 2 is 1.97 bits per heavy atom. The molecule has 7 heteroatoms. The van der Waals surface area contributed by atoms with Gasteiger partial charge in [0.05, 0.1) is 28.8 Å². The van der Waals surface area contributed by atoms with E-state index >= 15 is 0 Å². The summed E-state index contributed by atoms with van der Waals surface area (Å²) in [5, 5.41) is 11.4. The Morgan fingerprint density at radius 1 is 1.23 bits per heavy atom. The van der Waals surface area contributed by atoms with Gasteiger partial charge in [0.1, 0.15) is 5.82 Å². The van der Waals surface area contributed by atoms with Crippen molar-refractivity contribution in [1.29, 1.82) is 5.26 Å². The topological polar surface area (TPSA) is 112 Å². The van der Waals surface area contributed by atoms with Gasteiger partial charge in [-0.15, -0.1) is 0 Å². The number of hydrogen-bond acceptors (Lipinski definition) is 6. The first-order valence-corrected chi connectivity index (χ1v) is 10.0. The maximum Gasteiger partial charge on any atom is 0.271 e. The lowest BCUT2D eigenvalue weighted by atomic mass is 9.69. The maximum absolute atomic E-state index is 13.3. The fourth-order valence-corrected chi connectivity index (χ4v) is 4.28. The monoisotopic (exact) mass is 413 g/mol. The maximum atomic E-state index is 13.3. The standard InChI is InChI=1S/C24H23N5O2/c1-24(2)11-18-21(19(30)12-24)20(15-7-4-3-5-8-15)17(13-25)22(26)29(18)28-23(31)16-9-6-10-27-14-16/h3-10,14,20H,11-12,26H2,1-2H3,(H,28,31). The van der Waals surface area contributed by atoms with Crippen molar-refractivity contribution in [3.63, 3.8) is 0 Å². The average Bonchev–Trinajstić information content (AvgIpc) is 2.75. The highest BCUT2D eigenvalue weighted by molar-refractivity contribution is 6.00. The number of allylic oxidation sites excluding steroid dienone is 3. The predicted molar refractivity (Wildman–Crippen MR) is 115 cm³/mol. The molecule has 2 aliphatic rings. The van der Waals surface area contributed by atoms with Gasteiger partial charge in [-0.05, 0) is 29.5 Å². The van der Waals surface area contributed by atoms with Gasteiger partial charge >= 0.3 is 0 Å². The lowest BCUT2D eigenvalue weighted by molar-refractivity contribution is -0.118. The summed E-state index contributed by atoms with van der Waals surface area (Å²) in [5.41, 5.74) is 11.5. The number of pyridine rings is 1. The summed E-state index contributed by atoms with van der Waals surface area (Å²) in [6, 6.07) is 14.9. The normalized spacial score (nSPS) is 20.2. The molecule has 7 nitrogen and oxygen atoms in total. The van der Waals surface area contributed by atoms with Crippen LogP contribution < -0.4 is 11.2 Å². The minimum absolute atomic E-state index is 0.0408. The molecule has 2 aromatic rings. The molecule has 1 atom stereocenters. The number of benzene rings is 1. The number of Topliss-reactive ketones (excluding diaryl/α,β-unsaturated/α-hetero) is 1. The largest absolute Gasteiger partial charge is 0.383 e. The Kier molecular flexibility index (Phi) is 5.07. The van der Waals surface area contributed by atoms with Crippen molar-refractivity contribution in [1.82, 2.24) is 15.4 Å². The molecular formula is C24H23N5O2. The second kappa shape index (κ2) is 7.73. The molecule has 0 fully saturated rings. The van der Waals surface area contributed by atoms with E-state index in [2.05, 4.69) is 16.5 Å². The molecule has 1 amide bonds. The Bertz CT molecular complexity index is 1140. The number of hydrogen-bond donors (Lipinski definition) is 2. The lowest BCUT2D eigenvalue weighted by Gasteiger charge is -2.43. The van der Waals surface area contributed by atoms with Gasteiger partial charge in [-0.2, -0.15) is 5.26 Å². The molecular weight excluding hydrogens is 390 g/mol. The number of nitrogens with one attached hydrogen (secondary N) is 1. The third-order valence-electron chi connectivity index (χ3n) is 5.65. The van der Waals surface area contributed by atoms with Crippen molar-refractivity contribution in [3.05, 3.63) is 88.6 Å². The number of amides is 1. The highest BCUT2D eigenvalue weighted by Crippen LogP contribution is 2.48. The van der Waals surface area contributed by atoms with Crippen molar-refractivity contribution in [2.24, 2.45) is 11.1 Å². The molecule has 1 aliphatic heterocycles. The second-order valence-electron chi connectivity index (χ2n) is 8.57. The van der Waals surface area contributed by atoms with Gasteiger partial charge in [0, 0.05) is 24.4 Å². The smallest absolute Gasteiger partial charge is 0.271 e. The number of ketones is 1. The van der Waals surface area contributed by atoms with Crippen LogP contribution in [0.3, 0.4) is 0 Å². The summed E-state index contributed by atoms with van der Waals surface area (Å²) in [6.45, 7) is 4.01. The molecule has 1 unspecified atom stereocenters. The first-order chi connectivity index (χ1) is 14.8. The molecule has 0 saturated carbocycles. The van der Waals surface area contributed by atoms with Crippen LogP contribution in [-0.2, 0) is 4.79 Å². The molecule has 156 valence electrons. The summed E-state index contributed by atoms with van der Waals surface area (Å²) < 4.78 is 0. The van der Waals surface area contributed by atoms with Gasteiger partial charge in [0.25, 0.3) is 5.91 Å². The molecule has 3 N–H and O–H groups in total. The summed E-state index contributed by atoms with van der Waals surface area (Å²) >= 11 is 0. The SMILES string of the molecule is CC1(C)CC(=O)C2=C(C1)N(NC(=O)c1cccnc1)C(N)=C(C#N)C2c1ccccc1. The Morgan fingerprint density at radius 3 is 2.61 bits per heavy atom. The van der Waals surface area contributed by atoms with Crippen molar-refractivity contribution < 1.29 is 9.59 Å². The van der Waals surface area contributed by atoms with E-state index in [0.717, 1.165) is 5.56 Å².